The first-order chi connectivity index (χ1) is 13.3. The van der Waals surface area contributed by atoms with Crippen LogP contribution in [0.15, 0.2) is 12.2 Å². The average Bonchev–Trinajstić information content (AvgIpc) is 2.99. The fourth-order valence-electron chi connectivity index (χ4n) is 8.60. The Labute approximate surface area is 174 Å². The Hall–Kier alpha value is -0.300. The second-order valence-electron chi connectivity index (χ2n) is 12.2. The second-order valence-corrected chi connectivity index (χ2v) is 12.2. The molecule has 0 bridgehead atoms. The van der Waals surface area contributed by atoms with Gasteiger partial charge in [-0.1, -0.05) is 66.0 Å². The molecule has 4 aliphatic rings. The van der Waals surface area contributed by atoms with Gasteiger partial charge >= 0.3 is 0 Å². The minimum atomic E-state index is -0.0324. The molecule has 4 rings (SSSR count). The number of aliphatic hydroxyl groups excluding tert-OH is 1. The maximum atomic E-state index is 10.2. The summed E-state index contributed by atoms with van der Waals surface area (Å²) >= 11 is 0. The Balaban J connectivity index is 1.51. The van der Waals surface area contributed by atoms with Crippen molar-refractivity contribution in [2.75, 3.05) is 0 Å². The lowest BCUT2D eigenvalue weighted by molar-refractivity contribution is -0.0821. The zero-order valence-electron chi connectivity index (χ0n) is 19.3. The average molecular weight is 387 g/mol. The van der Waals surface area contributed by atoms with Crippen LogP contribution >= 0.6 is 0 Å². The summed E-state index contributed by atoms with van der Waals surface area (Å²) in [4.78, 5) is 0. The molecule has 0 aromatic heterocycles. The highest BCUT2D eigenvalue weighted by Crippen LogP contribution is 2.66. The van der Waals surface area contributed by atoms with Crippen molar-refractivity contribution in [3.05, 3.63) is 12.2 Å². The maximum absolute atomic E-state index is 10.2. The maximum Gasteiger partial charge on any atom is 0.0543 e. The van der Waals surface area contributed by atoms with E-state index in [0.717, 1.165) is 54.3 Å². The molecule has 0 spiro atoms. The van der Waals surface area contributed by atoms with Crippen LogP contribution in [0.5, 0.6) is 0 Å². The zero-order chi connectivity index (χ0) is 20.1. The van der Waals surface area contributed by atoms with Crippen molar-refractivity contribution >= 4 is 0 Å². The molecule has 0 saturated heterocycles. The first-order valence-corrected chi connectivity index (χ1v) is 12.6. The first-order valence-electron chi connectivity index (χ1n) is 12.6. The van der Waals surface area contributed by atoms with Gasteiger partial charge in [0.2, 0.25) is 0 Å². The van der Waals surface area contributed by atoms with Gasteiger partial charge in [0.05, 0.1) is 6.10 Å². The molecule has 1 heteroatoms. The third-order valence-corrected chi connectivity index (χ3v) is 10.3. The first kappa shape index (κ1) is 21.0. The minimum Gasteiger partial charge on any atom is -0.393 e. The molecule has 3 saturated carbocycles. The normalized spacial score (nSPS) is 48.8. The van der Waals surface area contributed by atoms with Gasteiger partial charge in [-0.15, -0.1) is 0 Å². The van der Waals surface area contributed by atoms with Gasteiger partial charge in [-0.2, -0.15) is 0 Å². The topological polar surface area (TPSA) is 20.2 Å². The van der Waals surface area contributed by atoms with Crippen molar-refractivity contribution in [3.8, 4) is 0 Å². The van der Waals surface area contributed by atoms with Crippen LogP contribution in [-0.4, -0.2) is 11.2 Å². The van der Waals surface area contributed by atoms with Crippen LogP contribution in [0.3, 0.4) is 0 Å². The number of fused-ring (bicyclic) bond motifs is 5. The highest BCUT2D eigenvalue weighted by atomic mass is 16.3. The standard InChI is InChI=1S/C27H46O/c1-18(2)7-6-8-19(3)23-11-12-24-22-10-9-20-17-21(28)13-15-26(20,4)25(22)14-16-27(23,24)5/h14,16,18-25,28H,6-13,15,17H2,1-5H3/t19-,20-,21+,22+,23+,24+,25-,26+,27-/m1/s1. The Bertz CT molecular complexity index is 579. The molecule has 9 atom stereocenters. The molecule has 4 aliphatic carbocycles. The SMILES string of the molecule is CC(C)CCC[C@@H](C)[C@@H]1CC[C@H]2[C@@H]3CC[C@@H]4C[C@@H](O)CC[C@]4(C)[C@@H]3C=C[C@@]21C. The summed E-state index contributed by atoms with van der Waals surface area (Å²) in [6.45, 7) is 12.5. The van der Waals surface area contributed by atoms with Gasteiger partial charge in [-0.3, -0.25) is 0 Å². The van der Waals surface area contributed by atoms with Crippen LogP contribution < -0.4 is 0 Å². The van der Waals surface area contributed by atoms with E-state index in [0.29, 0.717) is 10.8 Å². The van der Waals surface area contributed by atoms with Gasteiger partial charge < -0.3 is 5.11 Å². The second kappa shape index (κ2) is 7.75. The Morgan fingerprint density at radius 3 is 2.54 bits per heavy atom. The molecule has 28 heavy (non-hydrogen) atoms. The van der Waals surface area contributed by atoms with Crippen molar-refractivity contribution in [2.24, 2.45) is 52.3 Å². The monoisotopic (exact) mass is 386 g/mol. The van der Waals surface area contributed by atoms with Crippen LogP contribution in [0.4, 0.5) is 0 Å². The van der Waals surface area contributed by atoms with Crippen molar-refractivity contribution in [3.63, 3.8) is 0 Å². The van der Waals surface area contributed by atoms with Crippen LogP contribution in [0, 0.1) is 52.3 Å². The third-order valence-electron chi connectivity index (χ3n) is 10.3. The van der Waals surface area contributed by atoms with E-state index in [4.69, 9.17) is 0 Å². The fraction of sp³-hybridized carbons (Fsp3) is 0.926. The Kier molecular flexibility index (Phi) is 5.80. The van der Waals surface area contributed by atoms with Crippen molar-refractivity contribution in [1.29, 1.82) is 0 Å². The largest absolute Gasteiger partial charge is 0.393 e. The van der Waals surface area contributed by atoms with E-state index in [2.05, 4.69) is 46.8 Å². The van der Waals surface area contributed by atoms with Gasteiger partial charge in [0, 0.05) is 0 Å². The molecule has 0 amide bonds. The molecule has 160 valence electrons. The van der Waals surface area contributed by atoms with E-state index in [1.54, 1.807) is 0 Å². The number of hydrogen-bond acceptors (Lipinski definition) is 1. The Morgan fingerprint density at radius 2 is 1.79 bits per heavy atom. The molecule has 0 heterocycles. The van der Waals surface area contributed by atoms with Gasteiger partial charge in [-0.05, 0) is 97.2 Å². The van der Waals surface area contributed by atoms with E-state index < -0.39 is 0 Å². The van der Waals surface area contributed by atoms with Crippen LogP contribution in [0.2, 0.25) is 0 Å². The van der Waals surface area contributed by atoms with Crippen molar-refractivity contribution < 1.29 is 5.11 Å². The molecule has 0 aromatic carbocycles. The molecule has 3 fully saturated rings. The Morgan fingerprint density at radius 1 is 1.00 bits per heavy atom. The predicted molar refractivity (Wildman–Crippen MR) is 119 cm³/mol. The lowest BCUT2D eigenvalue weighted by atomic mass is 9.46. The molecule has 1 nitrogen and oxygen atoms in total. The summed E-state index contributed by atoms with van der Waals surface area (Å²) in [5, 5.41) is 10.2. The molecule has 0 aliphatic heterocycles. The summed E-state index contributed by atoms with van der Waals surface area (Å²) in [6, 6.07) is 0. The third kappa shape index (κ3) is 3.42. The molecule has 0 aromatic rings. The van der Waals surface area contributed by atoms with Gasteiger partial charge in [0.25, 0.3) is 0 Å². The fourth-order valence-corrected chi connectivity index (χ4v) is 8.60. The highest BCUT2D eigenvalue weighted by Gasteiger charge is 2.58. The summed E-state index contributed by atoms with van der Waals surface area (Å²) in [5.74, 6) is 5.93. The highest BCUT2D eigenvalue weighted by molar-refractivity contribution is 5.20. The summed E-state index contributed by atoms with van der Waals surface area (Å²) in [5.41, 5.74) is 0.886. The van der Waals surface area contributed by atoms with Crippen LogP contribution in [0.25, 0.3) is 0 Å². The van der Waals surface area contributed by atoms with E-state index in [9.17, 15) is 5.11 Å². The zero-order valence-corrected chi connectivity index (χ0v) is 19.3. The van der Waals surface area contributed by atoms with E-state index >= 15 is 0 Å². The number of aliphatic hydroxyl groups is 1. The summed E-state index contributed by atoms with van der Waals surface area (Å²) in [7, 11) is 0. The molecule has 0 unspecified atom stereocenters. The predicted octanol–water partition coefficient (Wildman–Crippen LogP) is 7.24. The number of rotatable bonds is 5. The number of hydrogen-bond donors (Lipinski definition) is 1. The minimum absolute atomic E-state index is 0.0324. The molecular weight excluding hydrogens is 340 g/mol. The molecule has 0 radical (unpaired) electrons. The quantitative estimate of drug-likeness (QED) is 0.493. The lowest BCUT2D eigenvalue weighted by Gasteiger charge is -2.58. The van der Waals surface area contributed by atoms with Crippen molar-refractivity contribution in [2.45, 2.75) is 105 Å². The molecule has 1 N–H and O–H groups in total. The van der Waals surface area contributed by atoms with E-state index in [1.807, 2.05) is 0 Å². The van der Waals surface area contributed by atoms with Crippen LogP contribution in [-0.2, 0) is 0 Å². The van der Waals surface area contributed by atoms with E-state index in [1.165, 1.54) is 51.4 Å². The smallest absolute Gasteiger partial charge is 0.0543 e. The van der Waals surface area contributed by atoms with Crippen molar-refractivity contribution in [1.82, 2.24) is 0 Å². The van der Waals surface area contributed by atoms with Gasteiger partial charge in [-0.25, -0.2) is 0 Å². The van der Waals surface area contributed by atoms with E-state index in [-0.39, 0.29) is 6.10 Å². The van der Waals surface area contributed by atoms with Crippen LogP contribution in [0.1, 0.15) is 98.8 Å². The number of allylic oxidation sites excluding steroid dienone is 2. The lowest BCUT2D eigenvalue weighted by Crippen LogP contribution is -2.52. The summed E-state index contributed by atoms with van der Waals surface area (Å²) in [6.07, 6.45) is 18.6. The van der Waals surface area contributed by atoms with Gasteiger partial charge in [0.1, 0.15) is 0 Å². The summed E-state index contributed by atoms with van der Waals surface area (Å²) < 4.78 is 0. The van der Waals surface area contributed by atoms with Gasteiger partial charge in [0.15, 0.2) is 0 Å². The molecular formula is C27H46O.